The number of ether oxygens (including phenoxy) is 2. The Labute approximate surface area is 88.2 Å². The van der Waals surface area contributed by atoms with E-state index in [1.165, 1.54) is 6.92 Å². The summed E-state index contributed by atoms with van der Waals surface area (Å²) in [5.41, 5.74) is 0. The van der Waals surface area contributed by atoms with E-state index >= 15 is 0 Å². The molecule has 0 heterocycles. The lowest BCUT2D eigenvalue weighted by atomic mass is 10.3. The van der Waals surface area contributed by atoms with Crippen molar-refractivity contribution >= 4 is 0 Å². The molecular weight excluding hydrogens is 232 g/mol. The van der Waals surface area contributed by atoms with E-state index in [2.05, 4.69) is 4.74 Å². The van der Waals surface area contributed by atoms with Gasteiger partial charge in [0, 0.05) is 12.1 Å². The lowest BCUT2D eigenvalue weighted by Gasteiger charge is -2.14. The molecule has 0 spiro atoms. The molecule has 0 aliphatic carbocycles. The summed E-state index contributed by atoms with van der Waals surface area (Å²) in [5, 5.41) is 8.99. The van der Waals surface area contributed by atoms with Crippen LogP contribution in [0.4, 0.5) is 17.6 Å². The van der Waals surface area contributed by atoms with Crippen LogP contribution in [0.25, 0.3) is 0 Å². The predicted molar refractivity (Wildman–Crippen MR) is 45.9 cm³/mol. The highest BCUT2D eigenvalue weighted by atomic mass is 19.4. The second-order valence-corrected chi connectivity index (χ2v) is 2.74. The summed E-state index contributed by atoms with van der Waals surface area (Å²) in [6.45, 7) is 1.51. The van der Waals surface area contributed by atoms with Crippen molar-refractivity contribution in [2.45, 2.75) is 13.3 Å². The van der Waals surface area contributed by atoms with E-state index in [9.17, 15) is 17.6 Å². The summed E-state index contributed by atoms with van der Waals surface area (Å²) in [6, 6.07) is 1.34. The van der Waals surface area contributed by atoms with Gasteiger partial charge in [-0.2, -0.15) is 0 Å². The van der Waals surface area contributed by atoms with Crippen molar-refractivity contribution < 1.29 is 32.1 Å². The highest BCUT2D eigenvalue weighted by Crippen LogP contribution is 2.37. The first kappa shape index (κ1) is 12.4. The van der Waals surface area contributed by atoms with Crippen LogP contribution in [0.2, 0.25) is 0 Å². The molecule has 1 N–H and O–H groups in total. The number of phenolic OH excluding ortho intramolecular Hbond substituents is 1. The van der Waals surface area contributed by atoms with Gasteiger partial charge in [0.1, 0.15) is 5.75 Å². The molecule has 1 aromatic rings. The number of hydrogen-bond acceptors (Lipinski definition) is 3. The molecule has 0 radical (unpaired) electrons. The van der Waals surface area contributed by atoms with Crippen LogP contribution >= 0.6 is 0 Å². The molecule has 0 aliphatic heterocycles. The first-order valence-corrected chi connectivity index (χ1v) is 4.24. The molecule has 1 aromatic carbocycles. The molecule has 0 amide bonds. The predicted octanol–water partition coefficient (Wildman–Crippen LogP) is 2.83. The quantitative estimate of drug-likeness (QED) is 0.825. The highest BCUT2D eigenvalue weighted by Gasteiger charge is 2.34. The Balaban J connectivity index is 3.13. The Bertz CT molecular complexity index is 376. The van der Waals surface area contributed by atoms with Crippen LogP contribution in [0.15, 0.2) is 12.1 Å². The molecule has 1 rings (SSSR count). The van der Waals surface area contributed by atoms with Crippen molar-refractivity contribution in [2.75, 3.05) is 6.61 Å². The monoisotopic (exact) mass is 240 g/mol. The Hall–Kier alpha value is -1.66. The zero-order chi connectivity index (χ0) is 12.3. The van der Waals surface area contributed by atoms with Crippen LogP contribution in [0, 0.1) is 5.82 Å². The molecule has 16 heavy (non-hydrogen) atoms. The molecule has 0 fully saturated rings. The molecule has 90 valence electrons. The minimum atomic E-state index is -5.02. The molecule has 0 aliphatic rings. The van der Waals surface area contributed by atoms with E-state index in [1.807, 2.05) is 0 Å². The fraction of sp³-hybridized carbons (Fsp3) is 0.333. The van der Waals surface area contributed by atoms with Crippen molar-refractivity contribution in [3.63, 3.8) is 0 Å². The van der Waals surface area contributed by atoms with Crippen molar-refractivity contribution in [1.29, 1.82) is 0 Å². The van der Waals surface area contributed by atoms with Gasteiger partial charge in [0.2, 0.25) is 5.75 Å². The van der Waals surface area contributed by atoms with Crippen LogP contribution in [0.1, 0.15) is 6.92 Å². The van der Waals surface area contributed by atoms with Gasteiger partial charge >= 0.3 is 6.36 Å². The number of benzene rings is 1. The number of rotatable bonds is 3. The number of halogens is 4. The van der Waals surface area contributed by atoms with Crippen LogP contribution in [-0.2, 0) is 0 Å². The summed E-state index contributed by atoms with van der Waals surface area (Å²) < 4.78 is 57.1. The maximum atomic E-state index is 13.1. The molecular formula is C9H8F4O3. The maximum absolute atomic E-state index is 13.1. The van der Waals surface area contributed by atoms with Crippen LogP contribution in [-0.4, -0.2) is 18.1 Å². The van der Waals surface area contributed by atoms with Crippen LogP contribution in [0.3, 0.4) is 0 Å². The number of aromatic hydroxyl groups is 1. The van der Waals surface area contributed by atoms with Gasteiger partial charge in [0.05, 0.1) is 6.61 Å². The van der Waals surface area contributed by atoms with Gasteiger partial charge in [-0.25, -0.2) is 4.39 Å². The van der Waals surface area contributed by atoms with Gasteiger partial charge in [-0.1, -0.05) is 0 Å². The fourth-order valence-electron chi connectivity index (χ4n) is 1.03. The van der Waals surface area contributed by atoms with Crippen LogP contribution in [0.5, 0.6) is 17.2 Å². The third-order valence-electron chi connectivity index (χ3n) is 1.51. The molecule has 3 nitrogen and oxygen atoms in total. The summed E-state index contributed by atoms with van der Waals surface area (Å²) in [5.74, 6) is -3.49. The highest BCUT2D eigenvalue weighted by molar-refractivity contribution is 5.46. The van der Waals surface area contributed by atoms with Gasteiger partial charge < -0.3 is 14.6 Å². The van der Waals surface area contributed by atoms with E-state index < -0.39 is 29.4 Å². The average molecular weight is 240 g/mol. The van der Waals surface area contributed by atoms with Gasteiger partial charge in [-0.05, 0) is 6.92 Å². The average Bonchev–Trinajstić information content (AvgIpc) is 2.10. The fourth-order valence-corrected chi connectivity index (χ4v) is 1.03. The minimum Gasteiger partial charge on any atom is -0.508 e. The normalized spacial score (nSPS) is 11.3. The summed E-state index contributed by atoms with van der Waals surface area (Å²) >= 11 is 0. The number of alkyl halides is 3. The summed E-state index contributed by atoms with van der Waals surface area (Å²) in [6.07, 6.45) is -5.02. The van der Waals surface area contributed by atoms with Gasteiger partial charge in [-0.15, -0.1) is 13.2 Å². The second-order valence-electron chi connectivity index (χ2n) is 2.74. The molecule has 0 atom stereocenters. The molecule has 0 saturated carbocycles. The zero-order valence-corrected chi connectivity index (χ0v) is 8.14. The van der Waals surface area contributed by atoms with Crippen molar-refractivity contribution in [2.24, 2.45) is 0 Å². The van der Waals surface area contributed by atoms with Crippen molar-refractivity contribution in [3.8, 4) is 17.2 Å². The van der Waals surface area contributed by atoms with Crippen molar-refractivity contribution in [3.05, 3.63) is 17.9 Å². The minimum absolute atomic E-state index is 0.0110. The van der Waals surface area contributed by atoms with E-state index in [1.54, 1.807) is 0 Å². The van der Waals surface area contributed by atoms with E-state index in [0.717, 1.165) is 6.07 Å². The standard InChI is InChI=1S/C9H8F4O3/c1-2-15-7-4-5(14)3-6(10)8(7)16-9(11,12)13/h3-4,14H,2H2,1H3. The van der Waals surface area contributed by atoms with E-state index in [4.69, 9.17) is 9.84 Å². The Morgan fingerprint density at radius 1 is 1.31 bits per heavy atom. The number of hydrogen-bond donors (Lipinski definition) is 1. The SMILES string of the molecule is CCOc1cc(O)cc(F)c1OC(F)(F)F. The molecule has 0 bridgehead atoms. The molecule has 0 saturated heterocycles. The maximum Gasteiger partial charge on any atom is 0.573 e. The number of phenols is 1. The Morgan fingerprint density at radius 3 is 2.44 bits per heavy atom. The first-order chi connectivity index (χ1) is 7.33. The van der Waals surface area contributed by atoms with Gasteiger partial charge in [0.25, 0.3) is 0 Å². The third-order valence-corrected chi connectivity index (χ3v) is 1.51. The Morgan fingerprint density at radius 2 is 1.94 bits per heavy atom. The summed E-state index contributed by atoms with van der Waals surface area (Å²) in [7, 11) is 0. The topological polar surface area (TPSA) is 38.7 Å². The lowest BCUT2D eigenvalue weighted by Crippen LogP contribution is -2.18. The molecule has 0 aromatic heterocycles. The first-order valence-electron chi connectivity index (χ1n) is 4.24. The second kappa shape index (κ2) is 4.46. The lowest BCUT2D eigenvalue weighted by molar-refractivity contribution is -0.276. The zero-order valence-electron chi connectivity index (χ0n) is 8.14. The van der Waals surface area contributed by atoms with Gasteiger partial charge in [0.15, 0.2) is 11.6 Å². The van der Waals surface area contributed by atoms with Crippen LogP contribution < -0.4 is 9.47 Å². The third kappa shape index (κ3) is 3.18. The van der Waals surface area contributed by atoms with Gasteiger partial charge in [-0.3, -0.25) is 0 Å². The molecule has 7 heteroatoms. The molecule has 0 unspecified atom stereocenters. The summed E-state index contributed by atoms with van der Waals surface area (Å²) in [4.78, 5) is 0. The smallest absolute Gasteiger partial charge is 0.508 e. The van der Waals surface area contributed by atoms with E-state index in [0.29, 0.717) is 6.07 Å². The Kier molecular flexibility index (Phi) is 3.46. The van der Waals surface area contributed by atoms with Crippen molar-refractivity contribution in [1.82, 2.24) is 0 Å². The van der Waals surface area contributed by atoms with E-state index in [-0.39, 0.29) is 6.61 Å². The largest absolute Gasteiger partial charge is 0.573 e.